The van der Waals surface area contributed by atoms with Crippen LogP contribution in [0.25, 0.3) is 0 Å². The summed E-state index contributed by atoms with van der Waals surface area (Å²) < 4.78 is 11.1. The molecule has 0 saturated heterocycles. The highest BCUT2D eigenvalue weighted by Gasteiger charge is 2.11. The number of amides is 2. The van der Waals surface area contributed by atoms with Gasteiger partial charge < -0.3 is 20.1 Å². The third-order valence-corrected chi connectivity index (χ3v) is 5.50. The quantitative estimate of drug-likeness (QED) is 0.524. The van der Waals surface area contributed by atoms with Crippen LogP contribution in [-0.2, 0) is 19.1 Å². The standard InChI is InChI=1S/C22H25BrN2O5/c1-14-11-16(12-15(2)22(14)23)24-20(27)13-30-21(28)10-6-9-19(26)25-17-7-4-5-8-18(17)29-3/h4-5,7-8,11-12H,6,9-10,13H2,1-3H3,(H,24,27)(H,25,26). The van der Waals surface area contributed by atoms with E-state index in [1.54, 1.807) is 24.3 Å². The van der Waals surface area contributed by atoms with E-state index in [2.05, 4.69) is 26.6 Å². The lowest BCUT2D eigenvalue weighted by Crippen LogP contribution is -2.21. The van der Waals surface area contributed by atoms with Gasteiger partial charge in [-0.25, -0.2) is 0 Å². The van der Waals surface area contributed by atoms with Gasteiger partial charge in [-0.15, -0.1) is 0 Å². The highest BCUT2D eigenvalue weighted by atomic mass is 79.9. The first-order valence-corrected chi connectivity index (χ1v) is 10.2. The predicted octanol–water partition coefficient (Wildman–Crippen LogP) is 4.37. The molecule has 0 aliphatic rings. The Kier molecular flexibility index (Phi) is 8.86. The minimum Gasteiger partial charge on any atom is -0.495 e. The summed E-state index contributed by atoms with van der Waals surface area (Å²) in [5, 5.41) is 5.45. The molecule has 0 unspecified atom stereocenters. The smallest absolute Gasteiger partial charge is 0.306 e. The Hall–Kier alpha value is -2.87. The average molecular weight is 477 g/mol. The number of para-hydroxylation sites is 2. The van der Waals surface area contributed by atoms with Crippen molar-refractivity contribution in [2.24, 2.45) is 0 Å². The number of rotatable bonds is 9. The Morgan fingerprint density at radius 2 is 1.63 bits per heavy atom. The lowest BCUT2D eigenvalue weighted by molar-refractivity contribution is -0.147. The lowest BCUT2D eigenvalue weighted by Gasteiger charge is -2.10. The minimum absolute atomic E-state index is 0.0448. The molecule has 7 nitrogen and oxygen atoms in total. The Bertz CT molecular complexity index is 906. The first-order valence-electron chi connectivity index (χ1n) is 9.45. The molecule has 2 amide bonds. The number of anilines is 2. The summed E-state index contributed by atoms with van der Waals surface area (Å²) in [6.07, 6.45) is 0.506. The van der Waals surface area contributed by atoms with Gasteiger partial charge in [0.2, 0.25) is 5.91 Å². The van der Waals surface area contributed by atoms with E-state index in [-0.39, 0.29) is 25.4 Å². The van der Waals surface area contributed by atoms with Crippen LogP contribution in [0.15, 0.2) is 40.9 Å². The molecule has 160 valence electrons. The molecule has 0 fully saturated rings. The zero-order valence-corrected chi connectivity index (χ0v) is 18.8. The summed E-state index contributed by atoms with van der Waals surface area (Å²) in [5.41, 5.74) is 3.20. The molecule has 0 saturated carbocycles. The number of hydrogen-bond acceptors (Lipinski definition) is 5. The molecular weight excluding hydrogens is 452 g/mol. The maximum Gasteiger partial charge on any atom is 0.306 e. The van der Waals surface area contributed by atoms with Gasteiger partial charge in [-0.05, 0) is 55.7 Å². The Morgan fingerprint density at radius 1 is 0.967 bits per heavy atom. The molecule has 0 radical (unpaired) electrons. The molecule has 2 aromatic rings. The molecule has 0 aliphatic heterocycles. The third kappa shape index (κ3) is 7.18. The van der Waals surface area contributed by atoms with Crippen LogP contribution in [0.1, 0.15) is 30.4 Å². The van der Waals surface area contributed by atoms with Crippen molar-refractivity contribution < 1.29 is 23.9 Å². The van der Waals surface area contributed by atoms with Gasteiger partial charge in [0, 0.05) is 23.0 Å². The summed E-state index contributed by atoms with van der Waals surface area (Å²) in [4.78, 5) is 35.9. The van der Waals surface area contributed by atoms with E-state index >= 15 is 0 Å². The fraction of sp³-hybridized carbons (Fsp3) is 0.318. The van der Waals surface area contributed by atoms with Gasteiger partial charge in [-0.2, -0.15) is 0 Å². The van der Waals surface area contributed by atoms with Crippen molar-refractivity contribution in [3.8, 4) is 5.75 Å². The third-order valence-electron chi connectivity index (χ3n) is 4.25. The van der Waals surface area contributed by atoms with E-state index in [0.717, 1.165) is 15.6 Å². The van der Waals surface area contributed by atoms with E-state index in [0.29, 0.717) is 23.5 Å². The summed E-state index contributed by atoms with van der Waals surface area (Å²) in [7, 11) is 1.52. The van der Waals surface area contributed by atoms with Crippen molar-refractivity contribution in [2.75, 3.05) is 24.4 Å². The number of hydrogen-bond donors (Lipinski definition) is 2. The number of nitrogens with one attached hydrogen (secondary N) is 2. The first-order chi connectivity index (χ1) is 14.3. The molecule has 2 rings (SSSR count). The van der Waals surface area contributed by atoms with Gasteiger partial charge >= 0.3 is 5.97 Å². The highest BCUT2D eigenvalue weighted by Crippen LogP contribution is 2.25. The molecule has 0 aliphatic carbocycles. The van der Waals surface area contributed by atoms with Crippen LogP contribution in [0.3, 0.4) is 0 Å². The topological polar surface area (TPSA) is 93.7 Å². The molecule has 2 N–H and O–H groups in total. The van der Waals surface area contributed by atoms with E-state index in [1.807, 2.05) is 26.0 Å². The normalized spacial score (nSPS) is 10.3. The van der Waals surface area contributed by atoms with Crippen LogP contribution in [0.2, 0.25) is 0 Å². The van der Waals surface area contributed by atoms with Crippen molar-refractivity contribution in [1.29, 1.82) is 0 Å². The van der Waals surface area contributed by atoms with Crippen molar-refractivity contribution >= 4 is 45.1 Å². The second-order valence-corrected chi connectivity index (χ2v) is 7.53. The number of carbonyl (C=O) groups is 3. The van der Waals surface area contributed by atoms with Gasteiger partial charge in [0.1, 0.15) is 5.75 Å². The zero-order valence-electron chi connectivity index (χ0n) is 17.2. The Balaban J connectivity index is 1.69. The largest absolute Gasteiger partial charge is 0.495 e. The monoisotopic (exact) mass is 476 g/mol. The maximum absolute atomic E-state index is 12.0. The van der Waals surface area contributed by atoms with Gasteiger partial charge in [0.25, 0.3) is 5.91 Å². The highest BCUT2D eigenvalue weighted by molar-refractivity contribution is 9.10. The molecule has 0 spiro atoms. The average Bonchev–Trinajstić information content (AvgIpc) is 2.71. The number of carbonyl (C=O) groups excluding carboxylic acids is 3. The molecule has 0 bridgehead atoms. The van der Waals surface area contributed by atoms with Gasteiger partial charge in [0.15, 0.2) is 6.61 Å². The number of methoxy groups -OCH3 is 1. The van der Waals surface area contributed by atoms with E-state index < -0.39 is 11.9 Å². The minimum atomic E-state index is -0.529. The van der Waals surface area contributed by atoms with Crippen molar-refractivity contribution in [3.05, 3.63) is 52.0 Å². The van der Waals surface area contributed by atoms with Crippen LogP contribution in [0.4, 0.5) is 11.4 Å². The van der Waals surface area contributed by atoms with Crippen molar-refractivity contribution in [1.82, 2.24) is 0 Å². The lowest BCUT2D eigenvalue weighted by atomic mass is 10.1. The number of esters is 1. The van der Waals surface area contributed by atoms with Gasteiger partial charge in [-0.3, -0.25) is 14.4 Å². The number of ether oxygens (including phenoxy) is 2. The Labute approximate surface area is 184 Å². The van der Waals surface area contributed by atoms with Gasteiger partial charge in [0.05, 0.1) is 12.8 Å². The number of benzene rings is 2. The SMILES string of the molecule is COc1ccccc1NC(=O)CCCC(=O)OCC(=O)Nc1cc(C)c(Br)c(C)c1. The van der Waals surface area contributed by atoms with Gasteiger partial charge in [-0.1, -0.05) is 28.1 Å². The Morgan fingerprint density at radius 3 is 2.30 bits per heavy atom. The summed E-state index contributed by atoms with van der Waals surface area (Å²) >= 11 is 3.47. The molecule has 2 aromatic carbocycles. The summed E-state index contributed by atoms with van der Waals surface area (Å²) in [6, 6.07) is 10.7. The molecule has 0 atom stereocenters. The molecule has 8 heteroatoms. The molecular formula is C22H25BrN2O5. The summed E-state index contributed by atoms with van der Waals surface area (Å²) in [5.74, 6) is -0.616. The predicted molar refractivity (Wildman–Crippen MR) is 119 cm³/mol. The molecule has 30 heavy (non-hydrogen) atoms. The van der Waals surface area contributed by atoms with Crippen LogP contribution in [-0.4, -0.2) is 31.5 Å². The van der Waals surface area contributed by atoms with Crippen LogP contribution < -0.4 is 15.4 Å². The van der Waals surface area contributed by atoms with Crippen LogP contribution in [0, 0.1) is 13.8 Å². The second-order valence-electron chi connectivity index (χ2n) is 6.73. The van der Waals surface area contributed by atoms with E-state index in [9.17, 15) is 14.4 Å². The second kappa shape index (κ2) is 11.3. The molecule has 0 heterocycles. The zero-order chi connectivity index (χ0) is 22.1. The summed E-state index contributed by atoms with van der Waals surface area (Å²) in [6.45, 7) is 3.48. The van der Waals surface area contributed by atoms with E-state index in [1.165, 1.54) is 7.11 Å². The fourth-order valence-corrected chi connectivity index (χ4v) is 3.02. The van der Waals surface area contributed by atoms with E-state index in [4.69, 9.17) is 9.47 Å². The molecule has 0 aromatic heterocycles. The number of aryl methyl sites for hydroxylation is 2. The van der Waals surface area contributed by atoms with Crippen molar-refractivity contribution in [3.63, 3.8) is 0 Å². The maximum atomic E-state index is 12.0. The van der Waals surface area contributed by atoms with Crippen LogP contribution in [0.5, 0.6) is 5.75 Å². The van der Waals surface area contributed by atoms with Crippen LogP contribution >= 0.6 is 15.9 Å². The number of halogens is 1. The first kappa shape index (κ1) is 23.4. The van der Waals surface area contributed by atoms with Crippen molar-refractivity contribution in [2.45, 2.75) is 33.1 Å². The fourth-order valence-electron chi connectivity index (χ4n) is 2.79.